The minimum atomic E-state index is -0.162. The van der Waals surface area contributed by atoms with Gasteiger partial charge in [-0.15, -0.1) is 0 Å². The predicted octanol–water partition coefficient (Wildman–Crippen LogP) is 3.78. The van der Waals surface area contributed by atoms with Gasteiger partial charge in [-0.05, 0) is 30.2 Å². The Balaban J connectivity index is 1.75. The zero-order valence-electron chi connectivity index (χ0n) is 11.6. The zero-order chi connectivity index (χ0) is 13.9. The van der Waals surface area contributed by atoms with Crippen LogP contribution >= 0.6 is 0 Å². The van der Waals surface area contributed by atoms with E-state index < -0.39 is 0 Å². The van der Waals surface area contributed by atoms with Crippen molar-refractivity contribution in [2.45, 2.75) is 19.0 Å². The summed E-state index contributed by atoms with van der Waals surface area (Å²) >= 11 is 0. The van der Waals surface area contributed by atoms with Crippen LogP contribution in [0.25, 0.3) is 0 Å². The number of methoxy groups -OCH3 is 1. The molecule has 1 aliphatic heterocycles. The zero-order valence-corrected chi connectivity index (χ0v) is 11.6. The SMILES string of the molecule is COc1ccc(F)c(CN2CCC2c2ccccc2)c1. The fraction of sp³-hybridized carbons (Fsp3) is 0.294. The first-order valence-electron chi connectivity index (χ1n) is 6.89. The highest BCUT2D eigenvalue weighted by molar-refractivity contribution is 5.30. The molecule has 0 aliphatic carbocycles. The lowest BCUT2D eigenvalue weighted by molar-refractivity contribution is 0.0805. The molecule has 1 atom stereocenters. The van der Waals surface area contributed by atoms with Gasteiger partial charge >= 0.3 is 0 Å². The maximum Gasteiger partial charge on any atom is 0.127 e. The molecule has 0 radical (unpaired) electrons. The molecule has 0 spiro atoms. The summed E-state index contributed by atoms with van der Waals surface area (Å²) in [4.78, 5) is 2.30. The molecule has 0 bridgehead atoms. The Bertz CT molecular complexity index is 585. The first kappa shape index (κ1) is 13.1. The first-order chi connectivity index (χ1) is 9.78. The van der Waals surface area contributed by atoms with Gasteiger partial charge in [0.25, 0.3) is 0 Å². The van der Waals surface area contributed by atoms with Crippen molar-refractivity contribution in [2.24, 2.45) is 0 Å². The summed E-state index contributed by atoms with van der Waals surface area (Å²) in [5.74, 6) is 0.544. The van der Waals surface area contributed by atoms with Crippen LogP contribution in [-0.4, -0.2) is 18.6 Å². The van der Waals surface area contributed by atoms with Gasteiger partial charge in [-0.2, -0.15) is 0 Å². The van der Waals surface area contributed by atoms with E-state index in [1.807, 2.05) is 6.07 Å². The Morgan fingerprint density at radius 2 is 2.00 bits per heavy atom. The molecule has 0 aromatic heterocycles. The fourth-order valence-electron chi connectivity index (χ4n) is 2.70. The van der Waals surface area contributed by atoms with Crippen LogP contribution in [0.4, 0.5) is 4.39 Å². The number of rotatable bonds is 4. The Kier molecular flexibility index (Phi) is 3.70. The van der Waals surface area contributed by atoms with Crippen LogP contribution in [0.3, 0.4) is 0 Å². The van der Waals surface area contributed by atoms with Crippen LogP contribution in [0.5, 0.6) is 5.75 Å². The summed E-state index contributed by atoms with van der Waals surface area (Å²) in [5, 5.41) is 0. The van der Waals surface area contributed by atoms with Gasteiger partial charge in [0.05, 0.1) is 7.11 Å². The monoisotopic (exact) mass is 271 g/mol. The molecule has 1 aliphatic rings. The van der Waals surface area contributed by atoms with Crippen LogP contribution in [0.1, 0.15) is 23.6 Å². The van der Waals surface area contributed by atoms with Gasteiger partial charge in [0.1, 0.15) is 11.6 Å². The van der Waals surface area contributed by atoms with E-state index in [4.69, 9.17) is 4.74 Å². The molecule has 2 aromatic carbocycles. The second-order valence-electron chi connectivity index (χ2n) is 5.14. The number of hydrogen-bond acceptors (Lipinski definition) is 2. The summed E-state index contributed by atoms with van der Waals surface area (Å²) in [6.07, 6.45) is 1.13. The maximum absolute atomic E-state index is 13.9. The molecule has 0 N–H and O–H groups in total. The minimum absolute atomic E-state index is 0.162. The smallest absolute Gasteiger partial charge is 0.127 e. The number of hydrogen-bond donors (Lipinski definition) is 0. The third-order valence-corrected chi connectivity index (χ3v) is 3.94. The van der Waals surface area contributed by atoms with Crippen LogP contribution in [0.2, 0.25) is 0 Å². The van der Waals surface area contributed by atoms with E-state index in [9.17, 15) is 4.39 Å². The molecule has 0 saturated carbocycles. The Morgan fingerprint density at radius 3 is 2.65 bits per heavy atom. The van der Waals surface area contributed by atoms with Gasteiger partial charge in [-0.1, -0.05) is 30.3 Å². The van der Waals surface area contributed by atoms with Crippen LogP contribution < -0.4 is 4.74 Å². The van der Waals surface area contributed by atoms with Crippen molar-refractivity contribution in [1.82, 2.24) is 4.90 Å². The molecule has 2 aromatic rings. The first-order valence-corrected chi connectivity index (χ1v) is 6.89. The minimum Gasteiger partial charge on any atom is -0.497 e. The lowest BCUT2D eigenvalue weighted by Gasteiger charge is -2.41. The summed E-state index contributed by atoms with van der Waals surface area (Å²) in [5.41, 5.74) is 2.01. The molecule has 3 rings (SSSR count). The topological polar surface area (TPSA) is 12.5 Å². The number of benzene rings is 2. The summed E-state index contributed by atoms with van der Waals surface area (Å²) in [6.45, 7) is 1.64. The molecule has 20 heavy (non-hydrogen) atoms. The molecule has 1 unspecified atom stereocenters. The summed E-state index contributed by atoms with van der Waals surface area (Å²) < 4.78 is 19.0. The van der Waals surface area contributed by atoms with E-state index >= 15 is 0 Å². The van der Waals surface area contributed by atoms with Crippen molar-refractivity contribution in [3.8, 4) is 5.75 Å². The molecule has 104 valence electrons. The van der Waals surface area contributed by atoms with E-state index in [2.05, 4.69) is 29.2 Å². The second kappa shape index (κ2) is 5.63. The van der Waals surface area contributed by atoms with E-state index in [1.165, 1.54) is 11.6 Å². The lowest BCUT2D eigenvalue weighted by atomic mass is 9.94. The highest BCUT2D eigenvalue weighted by atomic mass is 19.1. The van der Waals surface area contributed by atoms with Crippen molar-refractivity contribution >= 4 is 0 Å². The normalized spacial score (nSPS) is 18.6. The summed E-state index contributed by atoms with van der Waals surface area (Å²) in [6, 6.07) is 15.7. The number of ether oxygens (including phenoxy) is 1. The third-order valence-electron chi connectivity index (χ3n) is 3.94. The largest absolute Gasteiger partial charge is 0.497 e. The molecule has 1 saturated heterocycles. The standard InChI is InChI=1S/C17H18FNO/c1-20-15-7-8-16(18)14(11-15)12-19-10-9-17(19)13-5-3-2-4-6-13/h2-8,11,17H,9-10,12H2,1H3. The molecule has 1 fully saturated rings. The average Bonchev–Trinajstić information content (AvgIpc) is 2.46. The van der Waals surface area contributed by atoms with E-state index in [0.717, 1.165) is 13.0 Å². The van der Waals surface area contributed by atoms with E-state index in [1.54, 1.807) is 19.2 Å². The number of halogens is 1. The fourth-order valence-corrected chi connectivity index (χ4v) is 2.70. The molecular formula is C17H18FNO. The highest BCUT2D eigenvalue weighted by Crippen LogP contribution is 2.35. The molecule has 2 nitrogen and oxygen atoms in total. The van der Waals surface area contributed by atoms with Crippen LogP contribution in [-0.2, 0) is 6.54 Å². The number of nitrogens with zero attached hydrogens (tertiary/aromatic N) is 1. The second-order valence-corrected chi connectivity index (χ2v) is 5.14. The average molecular weight is 271 g/mol. The van der Waals surface area contributed by atoms with Crippen molar-refractivity contribution < 1.29 is 9.13 Å². The molecule has 0 amide bonds. The molecule has 1 heterocycles. The van der Waals surface area contributed by atoms with Crippen LogP contribution in [0.15, 0.2) is 48.5 Å². The van der Waals surface area contributed by atoms with Gasteiger partial charge in [-0.25, -0.2) is 4.39 Å². The van der Waals surface area contributed by atoms with Crippen molar-refractivity contribution in [3.05, 3.63) is 65.5 Å². The lowest BCUT2D eigenvalue weighted by Crippen LogP contribution is -2.40. The number of likely N-dealkylation sites (tertiary alicyclic amines) is 1. The van der Waals surface area contributed by atoms with Crippen molar-refractivity contribution in [3.63, 3.8) is 0 Å². The molecular weight excluding hydrogens is 253 g/mol. The Labute approximate surface area is 118 Å². The van der Waals surface area contributed by atoms with Gasteiger partial charge in [0.2, 0.25) is 0 Å². The summed E-state index contributed by atoms with van der Waals surface area (Å²) in [7, 11) is 1.60. The van der Waals surface area contributed by atoms with Gasteiger partial charge < -0.3 is 4.74 Å². The van der Waals surface area contributed by atoms with E-state index in [0.29, 0.717) is 23.9 Å². The highest BCUT2D eigenvalue weighted by Gasteiger charge is 2.29. The van der Waals surface area contributed by atoms with Crippen LogP contribution in [0, 0.1) is 5.82 Å². The van der Waals surface area contributed by atoms with Crippen molar-refractivity contribution in [1.29, 1.82) is 0 Å². The van der Waals surface area contributed by atoms with Gasteiger partial charge in [-0.3, -0.25) is 4.90 Å². The maximum atomic E-state index is 13.9. The molecule has 3 heteroatoms. The predicted molar refractivity (Wildman–Crippen MR) is 77.2 cm³/mol. The third kappa shape index (κ3) is 2.54. The van der Waals surface area contributed by atoms with Gasteiger partial charge in [0, 0.05) is 24.7 Å². The quantitative estimate of drug-likeness (QED) is 0.839. The van der Waals surface area contributed by atoms with Gasteiger partial charge in [0.15, 0.2) is 0 Å². The van der Waals surface area contributed by atoms with Crippen molar-refractivity contribution in [2.75, 3.05) is 13.7 Å². The Hall–Kier alpha value is -1.87. The Morgan fingerprint density at radius 1 is 1.20 bits per heavy atom. The van der Waals surface area contributed by atoms with E-state index in [-0.39, 0.29) is 5.82 Å².